The van der Waals surface area contributed by atoms with Gasteiger partial charge in [-0.05, 0) is 53.1 Å². The van der Waals surface area contributed by atoms with Crippen molar-refractivity contribution in [2.45, 2.75) is 26.2 Å². The third kappa shape index (κ3) is 2.33. The molecule has 0 saturated carbocycles. The van der Waals surface area contributed by atoms with Gasteiger partial charge in [0.2, 0.25) is 0 Å². The number of rotatable bonds is 3. The number of aromatic nitrogens is 2. The van der Waals surface area contributed by atoms with Gasteiger partial charge in [0, 0.05) is 22.2 Å². The summed E-state index contributed by atoms with van der Waals surface area (Å²) in [4.78, 5) is 0. The molecule has 0 bridgehead atoms. The van der Waals surface area contributed by atoms with Crippen LogP contribution in [-0.4, -0.2) is 9.78 Å². The van der Waals surface area contributed by atoms with E-state index in [0.29, 0.717) is 0 Å². The van der Waals surface area contributed by atoms with Crippen LogP contribution in [0.4, 0.5) is 0 Å². The van der Waals surface area contributed by atoms with Crippen molar-refractivity contribution >= 4 is 33.5 Å². The lowest BCUT2D eigenvalue weighted by atomic mass is 10.1. The van der Waals surface area contributed by atoms with Crippen molar-refractivity contribution in [3.63, 3.8) is 0 Å². The molecule has 1 aromatic heterocycles. The van der Waals surface area contributed by atoms with Gasteiger partial charge in [-0.1, -0.05) is 13.3 Å². The molecule has 2 rings (SSSR count). The lowest BCUT2D eigenvalue weighted by Gasteiger charge is -2.01. The van der Waals surface area contributed by atoms with Crippen LogP contribution in [0.25, 0.3) is 10.9 Å². The number of fused-ring (bicyclic) bond motifs is 1. The summed E-state index contributed by atoms with van der Waals surface area (Å²) in [5.74, 6) is 0. The second kappa shape index (κ2) is 4.51. The first-order valence-electron chi connectivity index (χ1n) is 5.32. The second-order valence-corrected chi connectivity index (χ2v) is 5.08. The Morgan fingerprint density at radius 3 is 2.93 bits per heavy atom. The van der Waals surface area contributed by atoms with Crippen molar-refractivity contribution in [3.8, 4) is 0 Å². The van der Waals surface area contributed by atoms with Crippen molar-refractivity contribution < 1.29 is 0 Å². The molecule has 0 unspecified atom stereocenters. The quantitative estimate of drug-likeness (QED) is 0.793. The fraction of sp³-hybridized carbons (Fsp3) is 0.417. The smallest absolute Gasteiger partial charge is 0.106 e. The van der Waals surface area contributed by atoms with Crippen molar-refractivity contribution in [2.24, 2.45) is 7.05 Å². The fourth-order valence-electron chi connectivity index (χ4n) is 1.80. The van der Waals surface area contributed by atoms with Gasteiger partial charge in [0.15, 0.2) is 0 Å². The Hall–Kier alpha value is -0.580. The number of benzene rings is 1. The molecule has 2 nitrogen and oxygen atoms in total. The van der Waals surface area contributed by atoms with Gasteiger partial charge < -0.3 is 0 Å². The van der Waals surface area contributed by atoms with Crippen LogP contribution >= 0.6 is 22.6 Å². The maximum absolute atomic E-state index is 4.44. The van der Waals surface area contributed by atoms with E-state index in [-0.39, 0.29) is 0 Å². The van der Waals surface area contributed by atoms with Crippen LogP contribution in [0.3, 0.4) is 0 Å². The Morgan fingerprint density at radius 1 is 1.40 bits per heavy atom. The summed E-state index contributed by atoms with van der Waals surface area (Å²) in [6.45, 7) is 2.23. The molecule has 0 aliphatic heterocycles. The molecule has 15 heavy (non-hydrogen) atoms. The summed E-state index contributed by atoms with van der Waals surface area (Å²) in [6, 6.07) is 4.52. The van der Waals surface area contributed by atoms with Gasteiger partial charge in [0.1, 0.15) is 5.52 Å². The van der Waals surface area contributed by atoms with Gasteiger partial charge in [-0.3, -0.25) is 4.68 Å². The summed E-state index contributed by atoms with van der Waals surface area (Å²) < 4.78 is 3.15. The summed E-state index contributed by atoms with van der Waals surface area (Å²) >= 11 is 2.37. The Morgan fingerprint density at radius 2 is 2.20 bits per heavy atom. The van der Waals surface area contributed by atoms with Crippen molar-refractivity contribution in [3.05, 3.63) is 27.5 Å². The fourth-order valence-corrected chi connectivity index (χ4v) is 2.62. The topological polar surface area (TPSA) is 17.8 Å². The monoisotopic (exact) mass is 314 g/mol. The molecule has 0 fully saturated rings. The molecule has 0 saturated heterocycles. The van der Waals surface area contributed by atoms with E-state index in [1.54, 1.807) is 0 Å². The molecule has 0 aliphatic carbocycles. The first-order valence-corrected chi connectivity index (χ1v) is 6.40. The zero-order chi connectivity index (χ0) is 10.8. The molecule has 0 spiro atoms. The third-order valence-corrected chi connectivity index (χ3v) is 3.38. The number of nitrogens with zero attached hydrogens (tertiary/aromatic N) is 2. The standard InChI is InChI=1S/C12H15IN2/c1-3-4-5-9-6-10-8-15(2)14-12(10)11(13)7-9/h6-8H,3-5H2,1-2H3. The van der Waals surface area contributed by atoms with Gasteiger partial charge in [-0.15, -0.1) is 0 Å². The van der Waals surface area contributed by atoms with E-state index >= 15 is 0 Å². The van der Waals surface area contributed by atoms with E-state index in [2.05, 4.69) is 52.9 Å². The van der Waals surface area contributed by atoms with E-state index < -0.39 is 0 Å². The first kappa shape index (κ1) is 10.9. The van der Waals surface area contributed by atoms with Gasteiger partial charge in [0.25, 0.3) is 0 Å². The summed E-state index contributed by atoms with van der Waals surface area (Å²) in [5.41, 5.74) is 2.56. The maximum atomic E-state index is 4.44. The highest BCUT2D eigenvalue weighted by Crippen LogP contribution is 2.22. The summed E-state index contributed by atoms with van der Waals surface area (Å²) in [6.07, 6.45) is 5.79. The Labute approximate surface area is 104 Å². The molecule has 2 aromatic rings. The van der Waals surface area contributed by atoms with Crippen LogP contribution < -0.4 is 0 Å². The lowest BCUT2D eigenvalue weighted by molar-refractivity contribution is 0.779. The number of hydrogen-bond acceptors (Lipinski definition) is 1. The summed E-state index contributed by atoms with van der Waals surface area (Å²) in [5, 5.41) is 5.70. The van der Waals surface area contributed by atoms with Crippen molar-refractivity contribution in [1.29, 1.82) is 0 Å². The van der Waals surface area contributed by atoms with E-state index in [1.807, 2.05) is 11.7 Å². The minimum absolute atomic E-state index is 1.12. The minimum atomic E-state index is 1.12. The van der Waals surface area contributed by atoms with Gasteiger partial charge in [-0.25, -0.2) is 0 Å². The van der Waals surface area contributed by atoms with Crippen LogP contribution in [-0.2, 0) is 13.5 Å². The Kier molecular flexibility index (Phi) is 3.29. The molecular weight excluding hydrogens is 299 g/mol. The SMILES string of the molecule is CCCCc1cc(I)c2nn(C)cc2c1. The van der Waals surface area contributed by atoms with Crippen LogP contribution in [0.1, 0.15) is 25.3 Å². The van der Waals surface area contributed by atoms with Gasteiger partial charge in [0.05, 0.1) is 0 Å². The Bertz CT molecular complexity index is 474. The van der Waals surface area contributed by atoms with E-state index in [4.69, 9.17) is 0 Å². The van der Waals surface area contributed by atoms with Crippen molar-refractivity contribution in [2.75, 3.05) is 0 Å². The highest BCUT2D eigenvalue weighted by molar-refractivity contribution is 14.1. The van der Waals surface area contributed by atoms with E-state index in [1.165, 1.54) is 33.8 Å². The van der Waals surface area contributed by atoms with Gasteiger partial charge >= 0.3 is 0 Å². The largest absolute Gasteiger partial charge is 0.275 e. The molecule has 1 aromatic carbocycles. The average molecular weight is 314 g/mol. The minimum Gasteiger partial charge on any atom is -0.275 e. The number of unbranched alkanes of at least 4 members (excludes halogenated alkanes) is 1. The molecule has 80 valence electrons. The maximum Gasteiger partial charge on any atom is 0.106 e. The average Bonchev–Trinajstić information content (AvgIpc) is 2.56. The molecule has 3 heteroatoms. The molecule has 1 heterocycles. The predicted molar refractivity (Wildman–Crippen MR) is 72.0 cm³/mol. The highest BCUT2D eigenvalue weighted by Gasteiger charge is 2.05. The van der Waals surface area contributed by atoms with Crippen LogP contribution in [0.2, 0.25) is 0 Å². The third-order valence-electron chi connectivity index (χ3n) is 2.56. The summed E-state index contributed by atoms with van der Waals surface area (Å²) in [7, 11) is 1.97. The number of hydrogen-bond donors (Lipinski definition) is 0. The van der Waals surface area contributed by atoms with Crippen molar-refractivity contribution in [1.82, 2.24) is 9.78 Å². The second-order valence-electron chi connectivity index (χ2n) is 3.92. The molecule has 0 N–H and O–H groups in total. The normalized spacial score (nSPS) is 11.1. The van der Waals surface area contributed by atoms with E-state index in [0.717, 1.165) is 5.52 Å². The number of halogens is 1. The Balaban J connectivity index is 2.42. The molecule has 0 aliphatic rings. The lowest BCUT2D eigenvalue weighted by Crippen LogP contribution is -1.88. The molecule has 0 amide bonds. The van der Waals surface area contributed by atoms with Crippen LogP contribution in [0.5, 0.6) is 0 Å². The zero-order valence-corrected chi connectivity index (χ0v) is 11.3. The highest BCUT2D eigenvalue weighted by atomic mass is 127. The first-order chi connectivity index (χ1) is 7.20. The molecule has 0 atom stereocenters. The van der Waals surface area contributed by atoms with E-state index in [9.17, 15) is 0 Å². The molecular formula is C12H15IN2. The predicted octanol–water partition coefficient (Wildman–Crippen LogP) is 3.52. The van der Waals surface area contributed by atoms with Crippen LogP contribution in [0.15, 0.2) is 18.3 Å². The molecule has 0 radical (unpaired) electrons. The van der Waals surface area contributed by atoms with Crippen LogP contribution in [0, 0.1) is 3.57 Å². The van der Waals surface area contributed by atoms with Gasteiger partial charge in [-0.2, -0.15) is 5.10 Å². The number of aryl methyl sites for hydroxylation is 2. The zero-order valence-electron chi connectivity index (χ0n) is 9.13.